The van der Waals surface area contributed by atoms with Crippen LogP contribution < -0.4 is 5.32 Å². The van der Waals surface area contributed by atoms with Crippen molar-refractivity contribution in [2.45, 2.75) is 84.5 Å². The van der Waals surface area contributed by atoms with E-state index in [9.17, 15) is 4.79 Å². The monoisotopic (exact) mass is 682 g/mol. The lowest BCUT2D eigenvalue weighted by molar-refractivity contribution is -0.0404. The van der Waals surface area contributed by atoms with Gasteiger partial charge in [-0.2, -0.15) is 5.10 Å². The molecule has 0 radical (unpaired) electrons. The molecule has 5 nitrogen and oxygen atoms in total. The molecule has 8 rings (SSSR count). The molecule has 5 aliphatic rings. The zero-order valence-corrected chi connectivity index (χ0v) is 29.7. The maximum Gasteiger partial charge on any atom is 0.274 e. The number of carbonyl (C=O) groups is 1. The van der Waals surface area contributed by atoms with E-state index in [-0.39, 0.29) is 5.91 Å². The van der Waals surface area contributed by atoms with Gasteiger partial charge >= 0.3 is 0 Å². The first-order valence-corrected chi connectivity index (χ1v) is 18.8. The number of unbranched alkanes of at least 4 members (excludes halogenated alkanes) is 4. The first-order valence-electron chi connectivity index (χ1n) is 17.6. The number of nitrogens with zero attached hydrogens (tertiary/aromatic N) is 3. The van der Waals surface area contributed by atoms with E-state index in [0.717, 1.165) is 59.5 Å². The number of aromatic nitrogens is 2. The third kappa shape index (κ3) is 7.64. The second kappa shape index (κ2) is 15.4. The third-order valence-electron chi connectivity index (χ3n) is 11.0. The fourth-order valence-corrected chi connectivity index (χ4v) is 9.60. The van der Waals surface area contributed by atoms with Crippen molar-refractivity contribution in [2.75, 3.05) is 26.2 Å². The molecule has 1 aliphatic heterocycles. The first-order chi connectivity index (χ1) is 22.3. The van der Waals surface area contributed by atoms with Gasteiger partial charge in [-0.3, -0.25) is 4.79 Å². The summed E-state index contributed by atoms with van der Waals surface area (Å²) in [5.74, 6) is 5.73. The van der Waals surface area contributed by atoms with Gasteiger partial charge in [-0.15, -0.1) is 0 Å². The van der Waals surface area contributed by atoms with Crippen LogP contribution >= 0.6 is 34.8 Å². The molecule has 4 aliphatic carbocycles. The van der Waals surface area contributed by atoms with Crippen LogP contribution in [0.1, 0.15) is 93.6 Å². The Morgan fingerprint density at radius 3 is 2.11 bits per heavy atom. The molecule has 1 amide bonds. The van der Waals surface area contributed by atoms with Gasteiger partial charge in [-0.25, -0.2) is 4.68 Å². The van der Waals surface area contributed by atoms with Crippen LogP contribution in [0.15, 0.2) is 42.5 Å². The smallest absolute Gasteiger partial charge is 0.274 e. The van der Waals surface area contributed by atoms with E-state index < -0.39 is 0 Å². The van der Waals surface area contributed by atoms with E-state index in [1.807, 2.05) is 36.1 Å². The van der Waals surface area contributed by atoms with Crippen molar-refractivity contribution in [3.8, 4) is 16.9 Å². The summed E-state index contributed by atoms with van der Waals surface area (Å²) in [6.45, 7) is 7.09. The van der Waals surface area contributed by atoms with E-state index >= 15 is 0 Å². The molecule has 1 N–H and O–H groups in total. The fourth-order valence-electron chi connectivity index (χ4n) is 8.98. The van der Waals surface area contributed by atoms with Gasteiger partial charge < -0.3 is 10.2 Å². The number of halogens is 3. The molecule has 4 bridgehead atoms. The molecule has 5 fully saturated rings. The Bertz CT molecular complexity index is 1450. The lowest BCUT2D eigenvalue weighted by Gasteiger charge is -2.54. The van der Waals surface area contributed by atoms with Gasteiger partial charge in [0.1, 0.15) is 0 Å². The Labute approximate surface area is 290 Å². The molecule has 0 unspecified atom stereocenters. The van der Waals surface area contributed by atoms with Crippen LogP contribution in [0.3, 0.4) is 0 Å². The van der Waals surface area contributed by atoms with Crippen LogP contribution in [0.2, 0.25) is 15.1 Å². The van der Waals surface area contributed by atoms with Crippen molar-refractivity contribution in [1.29, 1.82) is 0 Å². The topological polar surface area (TPSA) is 50.2 Å². The minimum absolute atomic E-state index is 0.0805. The largest absolute Gasteiger partial charge is 0.335 e. The van der Waals surface area contributed by atoms with Crippen molar-refractivity contribution < 1.29 is 4.79 Å². The van der Waals surface area contributed by atoms with Gasteiger partial charge in [0.2, 0.25) is 0 Å². The molecular formula is C38H49Cl3N4O. The molecule has 8 heteroatoms. The van der Waals surface area contributed by atoms with E-state index in [4.69, 9.17) is 34.8 Å². The van der Waals surface area contributed by atoms with E-state index in [2.05, 4.69) is 17.3 Å². The van der Waals surface area contributed by atoms with Crippen molar-refractivity contribution in [1.82, 2.24) is 20.0 Å². The summed E-state index contributed by atoms with van der Waals surface area (Å²) in [6, 6.07) is 12.7. The Balaban J connectivity index is 0.000000185. The van der Waals surface area contributed by atoms with E-state index in [1.54, 1.807) is 61.4 Å². The van der Waals surface area contributed by atoms with Gasteiger partial charge in [0, 0.05) is 47.4 Å². The molecule has 2 aromatic carbocycles. The average Bonchev–Trinajstić information content (AvgIpc) is 3.39. The first kappa shape index (κ1) is 33.8. The molecule has 3 aromatic rings. The molecule has 4 saturated carbocycles. The van der Waals surface area contributed by atoms with Gasteiger partial charge in [-0.1, -0.05) is 86.0 Å². The number of rotatable bonds is 9. The zero-order chi connectivity index (χ0) is 32.2. The summed E-state index contributed by atoms with van der Waals surface area (Å²) in [4.78, 5) is 15.0. The van der Waals surface area contributed by atoms with Gasteiger partial charge in [-0.05, 0) is 105 Å². The number of piperazine rings is 1. The predicted octanol–water partition coefficient (Wildman–Crippen LogP) is 10.3. The van der Waals surface area contributed by atoms with Crippen LogP contribution in [-0.2, 0) is 0 Å². The van der Waals surface area contributed by atoms with Crippen LogP contribution in [0.5, 0.6) is 0 Å². The number of benzene rings is 2. The summed E-state index contributed by atoms with van der Waals surface area (Å²) in [5, 5.41) is 9.58. The Hall–Kier alpha value is -2.05. The van der Waals surface area contributed by atoms with E-state index in [1.165, 1.54) is 32.1 Å². The lowest BCUT2D eigenvalue weighted by atomic mass is 9.51. The van der Waals surface area contributed by atoms with E-state index in [0.29, 0.717) is 39.5 Å². The SMILES string of the molecule is CCCCCCCC1C2CC3CC(C2)CC1C3.Cc1c(C(=O)N2CCNCC2)nn(-c2ccc(Cl)cc2Cl)c1-c1ccc(Cl)cc1. The predicted molar refractivity (Wildman–Crippen MR) is 191 cm³/mol. The Kier molecular flexibility index (Phi) is 11.4. The van der Waals surface area contributed by atoms with Crippen molar-refractivity contribution >= 4 is 40.7 Å². The standard InChI is InChI=1S/C21H19Cl3N4O.C17H30/c1-13-19(21(29)27-10-8-25-9-11-27)26-28(18-7-6-16(23)12-17(18)24)20(13)14-2-4-15(22)5-3-14;1-2-3-4-5-6-7-17-15-9-13-8-14(11-15)12-16(17)10-13/h2-7,12,25H,8-11H2,1H3;13-17H,2-12H2,1H3. The van der Waals surface area contributed by atoms with Crippen LogP contribution in [0.25, 0.3) is 16.9 Å². The van der Waals surface area contributed by atoms with Gasteiger partial charge in [0.05, 0.1) is 16.4 Å². The molecule has 1 saturated heterocycles. The average molecular weight is 684 g/mol. The second-order valence-corrected chi connectivity index (χ2v) is 15.5. The van der Waals surface area contributed by atoms with Crippen molar-refractivity contribution in [3.05, 3.63) is 68.8 Å². The Morgan fingerprint density at radius 2 is 1.48 bits per heavy atom. The second-order valence-electron chi connectivity index (χ2n) is 14.2. The molecule has 0 atom stereocenters. The zero-order valence-electron chi connectivity index (χ0n) is 27.4. The summed E-state index contributed by atoms with van der Waals surface area (Å²) in [6.07, 6.45) is 17.0. The molecule has 248 valence electrons. The van der Waals surface area contributed by atoms with Crippen molar-refractivity contribution in [2.24, 2.45) is 29.6 Å². The fraction of sp³-hybridized carbons (Fsp3) is 0.579. The normalized spacial score (nSPS) is 25.0. The number of carbonyl (C=O) groups excluding carboxylic acids is 1. The number of hydrogen-bond acceptors (Lipinski definition) is 3. The quantitative estimate of drug-likeness (QED) is 0.228. The molecule has 1 aromatic heterocycles. The molecule has 0 spiro atoms. The maximum absolute atomic E-state index is 13.2. The van der Waals surface area contributed by atoms with Crippen LogP contribution in [0, 0.1) is 36.5 Å². The third-order valence-corrected chi connectivity index (χ3v) is 11.8. The van der Waals surface area contributed by atoms with Crippen molar-refractivity contribution in [3.63, 3.8) is 0 Å². The molecular weight excluding hydrogens is 635 g/mol. The summed E-state index contributed by atoms with van der Waals surface area (Å²) in [5.41, 5.74) is 3.56. The molecule has 2 heterocycles. The highest BCUT2D eigenvalue weighted by molar-refractivity contribution is 6.35. The number of nitrogens with one attached hydrogen (secondary N) is 1. The number of hydrogen-bond donors (Lipinski definition) is 1. The van der Waals surface area contributed by atoms with Crippen LogP contribution in [-0.4, -0.2) is 46.8 Å². The highest BCUT2D eigenvalue weighted by Gasteiger charge is 2.47. The van der Waals surface area contributed by atoms with Crippen LogP contribution in [0.4, 0.5) is 0 Å². The maximum atomic E-state index is 13.2. The summed E-state index contributed by atoms with van der Waals surface area (Å²) < 4.78 is 1.71. The Morgan fingerprint density at radius 1 is 0.848 bits per heavy atom. The highest BCUT2D eigenvalue weighted by Crippen LogP contribution is 2.57. The van der Waals surface area contributed by atoms with Gasteiger partial charge in [0.15, 0.2) is 5.69 Å². The number of amides is 1. The lowest BCUT2D eigenvalue weighted by Crippen LogP contribution is -2.46. The summed E-state index contributed by atoms with van der Waals surface area (Å²) in [7, 11) is 0. The minimum atomic E-state index is -0.0805. The minimum Gasteiger partial charge on any atom is -0.335 e. The highest BCUT2D eigenvalue weighted by atomic mass is 35.5. The van der Waals surface area contributed by atoms with Gasteiger partial charge in [0.25, 0.3) is 5.91 Å². The molecule has 46 heavy (non-hydrogen) atoms. The summed E-state index contributed by atoms with van der Waals surface area (Å²) >= 11 is 18.6.